The van der Waals surface area contributed by atoms with E-state index in [4.69, 9.17) is 11.6 Å². The van der Waals surface area contributed by atoms with Crippen LogP contribution >= 0.6 is 11.6 Å². The minimum Gasteiger partial charge on any atom is -0.342 e. The molecule has 0 saturated carbocycles. The lowest BCUT2D eigenvalue weighted by Gasteiger charge is -2.31. The summed E-state index contributed by atoms with van der Waals surface area (Å²) in [6.45, 7) is 6.60. The molecule has 1 heterocycles. The third-order valence-electron chi connectivity index (χ3n) is 4.32. The number of hydrogen-bond acceptors (Lipinski definition) is 2. The first-order valence-electron chi connectivity index (χ1n) is 7.86. The first kappa shape index (κ1) is 16.3. The lowest BCUT2D eigenvalue weighted by atomic mass is 9.99. The Morgan fingerprint density at radius 2 is 1.95 bits per heavy atom. The van der Waals surface area contributed by atoms with E-state index in [2.05, 4.69) is 19.2 Å². The van der Waals surface area contributed by atoms with E-state index in [0.717, 1.165) is 43.3 Å². The molecule has 1 unspecified atom stereocenters. The quantitative estimate of drug-likeness (QED) is 0.900. The molecule has 1 aromatic carbocycles. The molecule has 1 aliphatic heterocycles. The highest BCUT2D eigenvalue weighted by atomic mass is 35.5. The molecule has 0 radical (unpaired) electrons. The predicted molar refractivity (Wildman–Crippen MR) is 87.5 cm³/mol. The van der Waals surface area contributed by atoms with Gasteiger partial charge in [-0.3, -0.25) is 4.79 Å². The van der Waals surface area contributed by atoms with Crippen LogP contribution in [0.1, 0.15) is 44.7 Å². The van der Waals surface area contributed by atoms with Gasteiger partial charge >= 0.3 is 0 Å². The van der Waals surface area contributed by atoms with Crippen LogP contribution in [0.4, 0.5) is 0 Å². The second kappa shape index (κ2) is 7.81. The fourth-order valence-corrected chi connectivity index (χ4v) is 2.90. The van der Waals surface area contributed by atoms with Gasteiger partial charge in [-0.25, -0.2) is 0 Å². The average molecular weight is 309 g/mol. The minimum atomic E-state index is 0.204. The van der Waals surface area contributed by atoms with Crippen molar-refractivity contribution in [2.45, 2.75) is 39.2 Å². The van der Waals surface area contributed by atoms with Crippen molar-refractivity contribution in [1.82, 2.24) is 10.2 Å². The normalized spacial score (nSPS) is 17.8. The summed E-state index contributed by atoms with van der Waals surface area (Å²) in [7, 11) is 0. The number of carbonyl (C=O) groups is 1. The molecule has 1 aliphatic rings. The molecular weight excluding hydrogens is 284 g/mol. The Balaban J connectivity index is 1.85. The van der Waals surface area contributed by atoms with E-state index >= 15 is 0 Å². The molecule has 116 valence electrons. The van der Waals surface area contributed by atoms with Gasteiger partial charge in [0.2, 0.25) is 5.91 Å². The van der Waals surface area contributed by atoms with Crippen LogP contribution in [0.3, 0.4) is 0 Å². The molecule has 3 nitrogen and oxygen atoms in total. The van der Waals surface area contributed by atoms with Gasteiger partial charge in [0.25, 0.3) is 0 Å². The number of amides is 1. The van der Waals surface area contributed by atoms with Crippen molar-refractivity contribution in [3.05, 3.63) is 34.9 Å². The molecule has 1 saturated heterocycles. The fourth-order valence-electron chi connectivity index (χ4n) is 2.77. The van der Waals surface area contributed by atoms with Crippen LogP contribution in [0.2, 0.25) is 5.02 Å². The number of carbonyl (C=O) groups excluding carboxylic acids is 1. The van der Waals surface area contributed by atoms with Gasteiger partial charge in [-0.15, -0.1) is 0 Å². The summed E-state index contributed by atoms with van der Waals surface area (Å²) in [5, 5.41) is 4.12. The van der Waals surface area contributed by atoms with Crippen LogP contribution in [0.25, 0.3) is 0 Å². The maximum Gasteiger partial charge on any atom is 0.236 e. The number of nitrogens with zero attached hydrogens (tertiary/aromatic N) is 1. The second-order valence-corrected chi connectivity index (χ2v) is 6.39. The van der Waals surface area contributed by atoms with E-state index in [1.807, 2.05) is 29.2 Å². The first-order chi connectivity index (χ1) is 10.1. The first-order valence-corrected chi connectivity index (χ1v) is 8.24. The number of hydrogen-bond donors (Lipinski definition) is 1. The zero-order chi connectivity index (χ0) is 15.2. The Bertz CT molecular complexity index is 452. The number of rotatable bonds is 5. The maximum absolute atomic E-state index is 12.3. The molecule has 1 atom stereocenters. The molecule has 2 rings (SSSR count). The number of halogens is 1. The monoisotopic (exact) mass is 308 g/mol. The van der Waals surface area contributed by atoms with Crippen LogP contribution in [0, 0.1) is 5.92 Å². The third-order valence-corrected chi connectivity index (χ3v) is 4.57. The van der Waals surface area contributed by atoms with Crippen LogP contribution in [0.15, 0.2) is 24.3 Å². The number of nitrogens with one attached hydrogen (secondary N) is 1. The molecule has 0 bridgehead atoms. The van der Waals surface area contributed by atoms with Gasteiger partial charge in [0.15, 0.2) is 0 Å². The summed E-state index contributed by atoms with van der Waals surface area (Å²) >= 11 is 5.92. The lowest BCUT2D eigenvalue weighted by Crippen LogP contribution is -2.43. The summed E-state index contributed by atoms with van der Waals surface area (Å²) < 4.78 is 0. The van der Waals surface area contributed by atoms with Crippen molar-refractivity contribution in [3.63, 3.8) is 0 Å². The summed E-state index contributed by atoms with van der Waals surface area (Å²) in [5.41, 5.74) is 1.18. The summed E-state index contributed by atoms with van der Waals surface area (Å²) in [6.07, 6.45) is 3.20. The Morgan fingerprint density at radius 1 is 1.33 bits per heavy atom. The smallest absolute Gasteiger partial charge is 0.236 e. The van der Waals surface area contributed by atoms with Gasteiger partial charge in [0.05, 0.1) is 6.54 Å². The van der Waals surface area contributed by atoms with Gasteiger partial charge in [-0.05, 0) is 42.9 Å². The third kappa shape index (κ3) is 4.72. The zero-order valence-corrected chi connectivity index (χ0v) is 13.7. The van der Waals surface area contributed by atoms with Gasteiger partial charge in [-0.2, -0.15) is 0 Å². The van der Waals surface area contributed by atoms with Crippen molar-refractivity contribution in [2.24, 2.45) is 5.92 Å². The Hall–Kier alpha value is -1.06. The average Bonchev–Trinajstić information content (AvgIpc) is 2.50. The zero-order valence-electron chi connectivity index (χ0n) is 12.9. The minimum absolute atomic E-state index is 0.204. The van der Waals surface area contributed by atoms with Crippen LogP contribution in [-0.4, -0.2) is 30.4 Å². The molecule has 1 N–H and O–H groups in total. The molecule has 0 aromatic heterocycles. The van der Waals surface area contributed by atoms with E-state index in [1.165, 1.54) is 5.56 Å². The molecule has 1 amide bonds. The second-order valence-electron chi connectivity index (χ2n) is 5.96. The van der Waals surface area contributed by atoms with E-state index in [9.17, 15) is 4.79 Å². The van der Waals surface area contributed by atoms with Gasteiger partial charge in [-0.1, -0.05) is 37.6 Å². The van der Waals surface area contributed by atoms with Crippen molar-refractivity contribution in [3.8, 4) is 0 Å². The Kier molecular flexibility index (Phi) is 6.07. The number of benzene rings is 1. The van der Waals surface area contributed by atoms with E-state index in [0.29, 0.717) is 6.54 Å². The Morgan fingerprint density at radius 3 is 2.52 bits per heavy atom. The highest BCUT2D eigenvalue weighted by Crippen LogP contribution is 2.19. The maximum atomic E-state index is 12.3. The summed E-state index contributed by atoms with van der Waals surface area (Å²) in [6, 6.07) is 8.05. The topological polar surface area (TPSA) is 32.3 Å². The highest BCUT2D eigenvalue weighted by Gasteiger charge is 2.20. The van der Waals surface area contributed by atoms with Crippen molar-refractivity contribution < 1.29 is 4.79 Å². The van der Waals surface area contributed by atoms with Crippen molar-refractivity contribution in [2.75, 3.05) is 19.6 Å². The standard InChI is InChI=1S/C17H25ClN2O/c1-3-16(14-4-6-15(18)7-5-14)19-12-17(21)20-10-8-13(2)9-11-20/h4-7,13,16,19H,3,8-12H2,1-2H3. The van der Waals surface area contributed by atoms with Crippen molar-refractivity contribution >= 4 is 17.5 Å². The van der Waals surface area contributed by atoms with E-state index in [1.54, 1.807) is 0 Å². The van der Waals surface area contributed by atoms with Crippen LogP contribution in [-0.2, 0) is 4.79 Å². The molecule has 1 aromatic rings. The summed E-state index contributed by atoms with van der Waals surface area (Å²) in [4.78, 5) is 14.2. The molecule has 4 heteroatoms. The van der Waals surface area contributed by atoms with Crippen LogP contribution in [0.5, 0.6) is 0 Å². The molecular formula is C17H25ClN2O. The SMILES string of the molecule is CCC(NCC(=O)N1CCC(C)CC1)c1ccc(Cl)cc1. The van der Waals surface area contributed by atoms with Gasteiger partial charge in [0.1, 0.15) is 0 Å². The molecule has 1 fully saturated rings. The largest absolute Gasteiger partial charge is 0.342 e. The lowest BCUT2D eigenvalue weighted by molar-refractivity contribution is -0.131. The van der Waals surface area contributed by atoms with Crippen molar-refractivity contribution in [1.29, 1.82) is 0 Å². The predicted octanol–water partition coefficient (Wildman–Crippen LogP) is 3.64. The molecule has 21 heavy (non-hydrogen) atoms. The fraction of sp³-hybridized carbons (Fsp3) is 0.588. The van der Waals surface area contributed by atoms with E-state index in [-0.39, 0.29) is 11.9 Å². The molecule has 0 aliphatic carbocycles. The summed E-state index contributed by atoms with van der Waals surface area (Å²) in [5.74, 6) is 0.966. The van der Waals surface area contributed by atoms with Crippen LogP contribution < -0.4 is 5.32 Å². The van der Waals surface area contributed by atoms with Gasteiger partial charge in [0, 0.05) is 24.2 Å². The van der Waals surface area contributed by atoms with E-state index < -0.39 is 0 Å². The molecule has 0 spiro atoms. The number of likely N-dealkylation sites (tertiary alicyclic amines) is 1. The highest BCUT2D eigenvalue weighted by molar-refractivity contribution is 6.30. The Labute approximate surface area is 132 Å². The number of piperidine rings is 1. The van der Waals surface area contributed by atoms with Gasteiger partial charge < -0.3 is 10.2 Å².